The number of aliphatic hydroxyl groups is 1. The molecule has 4 heteroatoms. The van der Waals surface area contributed by atoms with Crippen LogP contribution >= 0.6 is 34.8 Å². The Morgan fingerprint density at radius 3 is 2.00 bits per heavy atom. The van der Waals surface area contributed by atoms with Gasteiger partial charge in [0.15, 0.2) is 3.79 Å². The molecule has 0 bridgehead atoms. The first-order valence-corrected chi connectivity index (χ1v) is 3.76. The van der Waals surface area contributed by atoms with Gasteiger partial charge in [-0.25, -0.2) is 0 Å². The van der Waals surface area contributed by atoms with E-state index in [1.165, 1.54) is 0 Å². The van der Waals surface area contributed by atoms with Gasteiger partial charge in [-0.1, -0.05) is 41.7 Å². The fraction of sp³-hybridized carbons (Fsp3) is 1.00. The largest absolute Gasteiger partial charge is 0.396 e. The Bertz CT molecular complexity index is 78.8. The molecule has 0 amide bonds. The summed E-state index contributed by atoms with van der Waals surface area (Å²) in [5.41, 5.74) is 0. The molecule has 0 aliphatic carbocycles. The molecule has 1 atom stereocenters. The highest BCUT2D eigenvalue weighted by Gasteiger charge is 2.22. The van der Waals surface area contributed by atoms with Crippen LogP contribution in [0.1, 0.15) is 13.3 Å². The van der Waals surface area contributed by atoms with Crippen molar-refractivity contribution in [2.24, 2.45) is 5.92 Å². The van der Waals surface area contributed by atoms with Gasteiger partial charge in [0.05, 0.1) is 0 Å². The maximum atomic E-state index is 8.52. The summed E-state index contributed by atoms with van der Waals surface area (Å²) >= 11 is 16.3. The molecule has 56 valence electrons. The van der Waals surface area contributed by atoms with Gasteiger partial charge < -0.3 is 5.11 Å². The Kier molecular flexibility index (Phi) is 4.22. The van der Waals surface area contributed by atoms with Crippen LogP contribution in [0.25, 0.3) is 0 Å². The lowest BCUT2D eigenvalue weighted by Crippen LogP contribution is -2.11. The van der Waals surface area contributed by atoms with Gasteiger partial charge in [0.25, 0.3) is 0 Å². The van der Waals surface area contributed by atoms with Gasteiger partial charge in [-0.3, -0.25) is 0 Å². The molecule has 0 aliphatic rings. The molecule has 9 heavy (non-hydrogen) atoms. The average molecular weight is 191 g/mol. The van der Waals surface area contributed by atoms with Gasteiger partial charge >= 0.3 is 0 Å². The lowest BCUT2D eigenvalue weighted by Gasteiger charge is -2.14. The zero-order valence-electron chi connectivity index (χ0n) is 5.07. The van der Waals surface area contributed by atoms with Crippen LogP contribution in [0, 0.1) is 5.92 Å². The van der Waals surface area contributed by atoms with Crippen molar-refractivity contribution >= 4 is 34.8 Å². The van der Waals surface area contributed by atoms with Crippen molar-refractivity contribution in [2.75, 3.05) is 6.61 Å². The highest BCUT2D eigenvalue weighted by atomic mass is 35.6. The van der Waals surface area contributed by atoms with Crippen LogP contribution in [0.3, 0.4) is 0 Å². The SMILES string of the molecule is CC(CO)CC(Cl)(Cl)Cl. The number of aliphatic hydroxyl groups excluding tert-OH is 1. The molecule has 0 aromatic carbocycles. The summed E-state index contributed by atoms with van der Waals surface area (Å²) in [6.07, 6.45) is 0.397. The lowest BCUT2D eigenvalue weighted by atomic mass is 10.1. The van der Waals surface area contributed by atoms with Crippen molar-refractivity contribution in [2.45, 2.75) is 17.1 Å². The molecule has 0 rings (SSSR count). The fourth-order valence-electron chi connectivity index (χ4n) is 0.460. The first kappa shape index (κ1) is 9.83. The Labute approximate surface area is 69.9 Å². The van der Waals surface area contributed by atoms with E-state index in [1.807, 2.05) is 6.92 Å². The van der Waals surface area contributed by atoms with Gasteiger partial charge in [0, 0.05) is 6.61 Å². The molecule has 1 nitrogen and oxygen atoms in total. The molecule has 0 fully saturated rings. The third kappa shape index (κ3) is 6.72. The molecule has 0 spiro atoms. The van der Waals surface area contributed by atoms with Gasteiger partial charge in [0.2, 0.25) is 0 Å². The molecular formula is C5H9Cl3O. The summed E-state index contributed by atoms with van der Waals surface area (Å²) in [5, 5.41) is 8.52. The van der Waals surface area contributed by atoms with E-state index in [0.29, 0.717) is 6.42 Å². The molecule has 0 radical (unpaired) electrons. The summed E-state index contributed by atoms with van der Waals surface area (Å²) < 4.78 is -1.22. The number of rotatable bonds is 2. The van der Waals surface area contributed by atoms with Crippen molar-refractivity contribution in [1.82, 2.24) is 0 Å². The van der Waals surface area contributed by atoms with Crippen molar-refractivity contribution < 1.29 is 5.11 Å². The van der Waals surface area contributed by atoms with Crippen molar-refractivity contribution in [3.05, 3.63) is 0 Å². The fourth-order valence-corrected chi connectivity index (χ4v) is 1.25. The first-order chi connectivity index (χ1) is 3.95. The van der Waals surface area contributed by atoms with Crippen molar-refractivity contribution in [3.63, 3.8) is 0 Å². The Morgan fingerprint density at radius 2 is 1.89 bits per heavy atom. The normalized spacial score (nSPS) is 15.7. The highest BCUT2D eigenvalue weighted by Crippen LogP contribution is 2.32. The van der Waals surface area contributed by atoms with E-state index in [-0.39, 0.29) is 12.5 Å². The van der Waals surface area contributed by atoms with Gasteiger partial charge in [-0.05, 0) is 12.3 Å². The summed E-state index contributed by atoms with van der Waals surface area (Å²) in [7, 11) is 0. The maximum absolute atomic E-state index is 8.52. The van der Waals surface area contributed by atoms with Crippen LogP contribution in [0.2, 0.25) is 0 Å². The van der Waals surface area contributed by atoms with E-state index in [1.54, 1.807) is 0 Å². The molecule has 0 aliphatic heterocycles. The number of hydrogen-bond donors (Lipinski definition) is 1. The van der Waals surface area contributed by atoms with Gasteiger partial charge in [-0.2, -0.15) is 0 Å². The van der Waals surface area contributed by atoms with Gasteiger partial charge in [-0.15, -0.1) is 0 Å². The summed E-state index contributed by atoms with van der Waals surface area (Å²) in [5.74, 6) is 0.0532. The van der Waals surface area contributed by atoms with Crippen molar-refractivity contribution in [3.8, 4) is 0 Å². The van der Waals surface area contributed by atoms with Crippen LogP contribution in [-0.4, -0.2) is 15.5 Å². The Balaban J connectivity index is 3.47. The minimum Gasteiger partial charge on any atom is -0.396 e. The molecule has 0 aromatic heterocycles. The molecule has 0 aromatic rings. The van der Waals surface area contributed by atoms with Crippen LogP contribution in [0.4, 0.5) is 0 Å². The van der Waals surface area contributed by atoms with E-state index >= 15 is 0 Å². The number of halogens is 3. The molecule has 0 saturated heterocycles. The second kappa shape index (κ2) is 3.87. The monoisotopic (exact) mass is 190 g/mol. The predicted molar refractivity (Wildman–Crippen MR) is 41.2 cm³/mol. The number of alkyl halides is 3. The van der Waals surface area contributed by atoms with E-state index in [9.17, 15) is 0 Å². The van der Waals surface area contributed by atoms with Crippen LogP contribution in [-0.2, 0) is 0 Å². The lowest BCUT2D eigenvalue weighted by molar-refractivity contribution is 0.231. The quantitative estimate of drug-likeness (QED) is 0.665. The van der Waals surface area contributed by atoms with Gasteiger partial charge in [0.1, 0.15) is 0 Å². The van der Waals surface area contributed by atoms with Crippen molar-refractivity contribution in [1.29, 1.82) is 0 Å². The zero-order chi connectivity index (χ0) is 7.49. The Morgan fingerprint density at radius 1 is 1.44 bits per heavy atom. The van der Waals surface area contributed by atoms with E-state index in [2.05, 4.69) is 0 Å². The topological polar surface area (TPSA) is 20.2 Å². The number of hydrogen-bond acceptors (Lipinski definition) is 1. The third-order valence-corrected chi connectivity index (χ3v) is 1.35. The minimum absolute atomic E-state index is 0.0532. The zero-order valence-corrected chi connectivity index (χ0v) is 7.34. The third-order valence-electron chi connectivity index (χ3n) is 0.892. The maximum Gasteiger partial charge on any atom is 0.190 e. The molecule has 0 saturated carbocycles. The van der Waals surface area contributed by atoms with E-state index in [0.717, 1.165) is 0 Å². The second-order valence-electron chi connectivity index (χ2n) is 2.11. The average Bonchev–Trinajstić information content (AvgIpc) is 1.62. The van der Waals surface area contributed by atoms with Crippen LogP contribution in [0.5, 0.6) is 0 Å². The minimum atomic E-state index is -1.22. The Hall–Kier alpha value is 0.830. The summed E-state index contributed by atoms with van der Waals surface area (Å²) in [6.45, 7) is 1.88. The summed E-state index contributed by atoms with van der Waals surface area (Å²) in [4.78, 5) is 0. The highest BCUT2D eigenvalue weighted by molar-refractivity contribution is 6.67. The first-order valence-electron chi connectivity index (χ1n) is 2.63. The second-order valence-corrected chi connectivity index (χ2v) is 4.62. The smallest absolute Gasteiger partial charge is 0.190 e. The predicted octanol–water partition coefficient (Wildman–Crippen LogP) is 2.38. The molecule has 0 heterocycles. The molecular weight excluding hydrogens is 182 g/mol. The van der Waals surface area contributed by atoms with E-state index < -0.39 is 3.79 Å². The van der Waals surface area contributed by atoms with Crippen LogP contribution in [0.15, 0.2) is 0 Å². The molecule has 1 unspecified atom stereocenters. The van der Waals surface area contributed by atoms with Crippen LogP contribution < -0.4 is 0 Å². The summed E-state index contributed by atoms with van der Waals surface area (Å²) in [6, 6.07) is 0. The standard InChI is InChI=1S/C5H9Cl3O/c1-4(3-9)2-5(6,7)8/h4,9H,2-3H2,1H3. The molecule has 1 N–H and O–H groups in total. The van der Waals surface area contributed by atoms with E-state index in [4.69, 9.17) is 39.9 Å².